The molecule has 0 aliphatic rings. The standard InChI is InChI=1S/C8H18O.C2H6S2/c1-7(2,3)9-8(4,5)6;1-3-4-2/h1-6H3;1-2H3. The number of ether oxygens (including phenoxy) is 1. The normalized spacial score (nSPS) is 12.0. The first-order chi connectivity index (χ1) is 5.62. The molecule has 0 amide bonds. The minimum absolute atomic E-state index is 0.0156. The molecule has 0 unspecified atom stereocenters. The van der Waals surface area contributed by atoms with Crippen molar-refractivity contribution in [3.05, 3.63) is 0 Å². The fourth-order valence-electron chi connectivity index (χ4n) is 0.919. The lowest BCUT2D eigenvalue weighted by Crippen LogP contribution is -2.31. The number of hydrogen-bond acceptors (Lipinski definition) is 3. The van der Waals surface area contributed by atoms with Crippen LogP contribution in [0.25, 0.3) is 0 Å². The summed E-state index contributed by atoms with van der Waals surface area (Å²) in [6, 6.07) is 0. The molecule has 0 heterocycles. The third-order valence-electron chi connectivity index (χ3n) is 0.779. The summed E-state index contributed by atoms with van der Waals surface area (Å²) in [5, 5.41) is 0. The van der Waals surface area contributed by atoms with Gasteiger partial charge >= 0.3 is 0 Å². The molecule has 1 nitrogen and oxygen atoms in total. The maximum atomic E-state index is 5.62. The third-order valence-corrected chi connectivity index (χ3v) is 2.11. The molecule has 13 heavy (non-hydrogen) atoms. The average Bonchev–Trinajstić information content (AvgIpc) is 1.80. The van der Waals surface area contributed by atoms with Crippen LogP contribution < -0.4 is 0 Å². The molecular weight excluding hydrogens is 200 g/mol. The van der Waals surface area contributed by atoms with E-state index in [-0.39, 0.29) is 11.2 Å². The van der Waals surface area contributed by atoms with Gasteiger partial charge in [0.05, 0.1) is 11.2 Å². The van der Waals surface area contributed by atoms with Crippen molar-refractivity contribution in [2.24, 2.45) is 0 Å². The van der Waals surface area contributed by atoms with E-state index in [2.05, 4.69) is 54.1 Å². The maximum absolute atomic E-state index is 5.62. The van der Waals surface area contributed by atoms with Crippen LogP contribution in [0.2, 0.25) is 0 Å². The van der Waals surface area contributed by atoms with Gasteiger partial charge in [0.2, 0.25) is 0 Å². The lowest BCUT2D eigenvalue weighted by atomic mass is 10.1. The van der Waals surface area contributed by atoms with E-state index in [1.54, 1.807) is 21.6 Å². The Balaban J connectivity index is 0. The molecule has 82 valence electrons. The first-order valence-corrected chi connectivity index (χ1v) is 7.36. The van der Waals surface area contributed by atoms with E-state index in [9.17, 15) is 0 Å². The van der Waals surface area contributed by atoms with E-state index >= 15 is 0 Å². The molecule has 3 heteroatoms. The quantitative estimate of drug-likeness (QED) is 0.617. The first-order valence-electron chi connectivity index (χ1n) is 4.39. The summed E-state index contributed by atoms with van der Waals surface area (Å²) in [6.07, 6.45) is 4.12. The molecule has 0 aromatic heterocycles. The van der Waals surface area contributed by atoms with Crippen molar-refractivity contribution >= 4 is 21.6 Å². The summed E-state index contributed by atoms with van der Waals surface area (Å²) >= 11 is 0. The molecule has 0 spiro atoms. The van der Waals surface area contributed by atoms with Gasteiger partial charge in [-0.2, -0.15) is 0 Å². The molecule has 0 fully saturated rings. The van der Waals surface area contributed by atoms with Gasteiger partial charge in [0.25, 0.3) is 0 Å². The molecule has 0 rings (SSSR count). The fourth-order valence-corrected chi connectivity index (χ4v) is 0.919. The van der Waals surface area contributed by atoms with Crippen molar-refractivity contribution in [1.29, 1.82) is 0 Å². The zero-order chi connectivity index (χ0) is 11.1. The second kappa shape index (κ2) is 7.02. The van der Waals surface area contributed by atoms with Crippen molar-refractivity contribution in [3.8, 4) is 0 Å². The monoisotopic (exact) mass is 224 g/mol. The van der Waals surface area contributed by atoms with Gasteiger partial charge in [0.15, 0.2) is 0 Å². The van der Waals surface area contributed by atoms with Gasteiger partial charge in [0, 0.05) is 0 Å². The van der Waals surface area contributed by atoms with Crippen LogP contribution in [0, 0.1) is 0 Å². The Hall–Kier alpha value is 0.660. The molecular formula is C10H24OS2. The van der Waals surface area contributed by atoms with Crippen molar-refractivity contribution in [2.45, 2.75) is 52.7 Å². The predicted molar refractivity (Wildman–Crippen MR) is 67.6 cm³/mol. The zero-order valence-electron chi connectivity index (χ0n) is 10.2. The summed E-state index contributed by atoms with van der Waals surface area (Å²) in [7, 11) is 3.55. The van der Waals surface area contributed by atoms with Crippen LogP contribution in [-0.4, -0.2) is 23.7 Å². The summed E-state index contributed by atoms with van der Waals surface area (Å²) in [4.78, 5) is 0. The van der Waals surface area contributed by atoms with Gasteiger partial charge in [0.1, 0.15) is 0 Å². The molecule has 0 saturated carbocycles. The van der Waals surface area contributed by atoms with E-state index in [4.69, 9.17) is 4.74 Å². The van der Waals surface area contributed by atoms with Crippen LogP contribution in [0.1, 0.15) is 41.5 Å². The highest BCUT2D eigenvalue weighted by molar-refractivity contribution is 8.76. The zero-order valence-corrected chi connectivity index (χ0v) is 11.9. The Morgan fingerprint density at radius 2 is 0.923 bits per heavy atom. The Labute approximate surface area is 91.8 Å². The molecule has 0 bridgehead atoms. The van der Waals surface area contributed by atoms with Crippen LogP contribution >= 0.6 is 21.6 Å². The Kier molecular flexibility index (Phi) is 8.69. The number of hydrogen-bond donors (Lipinski definition) is 0. The lowest BCUT2D eigenvalue weighted by Gasteiger charge is -2.30. The van der Waals surface area contributed by atoms with E-state index < -0.39 is 0 Å². The number of rotatable bonds is 1. The summed E-state index contributed by atoms with van der Waals surface area (Å²) in [6.45, 7) is 12.4. The predicted octanol–water partition coefficient (Wildman–Crippen LogP) is 4.23. The van der Waals surface area contributed by atoms with Crippen LogP contribution in [0.3, 0.4) is 0 Å². The van der Waals surface area contributed by atoms with Crippen LogP contribution in [0.4, 0.5) is 0 Å². The van der Waals surface area contributed by atoms with E-state index in [1.165, 1.54) is 0 Å². The second-order valence-corrected chi connectivity index (χ2v) is 7.33. The van der Waals surface area contributed by atoms with Gasteiger partial charge in [-0.15, -0.1) is 0 Å². The van der Waals surface area contributed by atoms with E-state index in [0.717, 1.165) is 0 Å². The average molecular weight is 224 g/mol. The van der Waals surface area contributed by atoms with Gasteiger partial charge in [-0.3, -0.25) is 0 Å². The van der Waals surface area contributed by atoms with Gasteiger partial charge < -0.3 is 4.74 Å². The van der Waals surface area contributed by atoms with E-state index in [0.29, 0.717) is 0 Å². The van der Waals surface area contributed by atoms with Crippen molar-refractivity contribution in [3.63, 3.8) is 0 Å². The van der Waals surface area contributed by atoms with Gasteiger partial charge in [-0.1, -0.05) is 21.6 Å². The molecule has 0 saturated heterocycles. The van der Waals surface area contributed by atoms with Crippen molar-refractivity contribution in [1.82, 2.24) is 0 Å². The minimum atomic E-state index is -0.0156. The molecule has 0 aliphatic carbocycles. The van der Waals surface area contributed by atoms with Crippen LogP contribution in [-0.2, 0) is 4.74 Å². The highest BCUT2D eigenvalue weighted by Crippen LogP contribution is 2.17. The van der Waals surface area contributed by atoms with Crippen molar-refractivity contribution in [2.75, 3.05) is 12.5 Å². The third kappa shape index (κ3) is 24.5. The smallest absolute Gasteiger partial charge is 0.0605 e. The summed E-state index contributed by atoms with van der Waals surface area (Å²) in [5.41, 5.74) is -0.0312. The van der Waals surface area contributed by atoms with Crippen LogP contribution in [0.5, 0.6) is 0 Å². The SMILES string of the molecule is CC(C)(C)OC(C)(C)C.CSSC. The Morgan fingerprint density at radius 1 is 0.692 bits per heavy atom. The fraction of sp³-hybridized carbons (Fsp3) is 1.00. The Bertz CT molecular complexity index is 97.1. The summed E-state index contributed by atoms with van der Waals surface area (Å²) < 4.78 is 5.62. The van der Waals surface area contributed by atoms with Gasteiger partial charge in [-0.05, 0) is 54.1 Å². The molecule has 0 aliphatic heterocycles. The van der Waals surface area contributed by atoms with Crippen LogP contribution in [0.15, 0.2) is 0 Å². The Morgan fingerprint density at radius 3 is 0.923 bits per heavy atom. The largest absolute Gasteiger partial charge is 0.370 e. The molecule has 0 aromatic carbocycles. The molecule has 0 aromatic rings. The minimum Gasteiger partial charge on any atom is -0.370 e. The van der Waals surface area contributed by atoms with E-state index in [1.807, 2.05) is 0 Å². The topological polar surface area (TPSA) is 9.23 Å². The molecule has 0 radical (unpaired) electrons. The highest BCUT2D eigenvalue weighted by atomic mass is 33.1. The highest BCUT2D eigenvalue weighted by Gasteiger charge is 2.19. The first kappa shape index (κ1) is 16.1. The lowest BCUT2D eigenvalue weighted by molar-refractivity contribution is -0.102. The van der Waals surface area contributed by atoms with Gasteiger partial charge in [-0.25, -0.2) is 0 Å². The molecule has 0 atom stereocenters. The molecule has 0 N–H and O–H groups in total. The summed E-state index contributed by atoms with van der Waals surface area (Å²) in [5.74, 6) is 0. The maximum Gasteiger partial charge on any atom is 0.0605 e. The van der Waals surface area contributed by atoms with Crippen molar-refractivity contribution < 1.29 is 4.74 Å². The second-order valence-electron chi connectivity index (χ2n) is 4.66.